The quantitative estimate of drug-likeness (QED) is 0.924. The van der Waals surface area contributed by atoms with Gasteiger partial charge in [-0.05, 0) is 36.0 Å². The van der Waals surface area contributed by atoms with Crippen LogP contribution in [-0.4, -0.2) is 18.3 Å². The molecular formula is C20H22O3. The Labute approximate surface area is 136 Å². The second kappa shape index (κ2) is 5.17. The van der Waals surface area contributed by atoms with Gasteiger partial charge in [0.2, 0.25) is 0 Å². The minimum absolute atomic E-state index is 0.103. The Bertz CT molecular complexity index is 733. The number of hydrogen-bond donors (Lipinski definition) is 1. The zero-order valence-corrected chi connectivity index (χ0v) is 13.6. The Morgan fingerprint density at radius 3 is 2.17 bits per heavy atom. The van der Waals surface area contributed by atoms with E-state index in [0.717, 1.165) is 23.1 Å². The third-order valence-electron chi connectivity index (χ3n) is 5.33. The smallest absolute Gasteiger partial charge is 0.192 e. The van der Waals surface area contributed by atoms with Gasteiger partial charge >= 0.3 is 0 Å². The van der Waals surface area contributed by atoms with Gasteiger partial charge in [-0.2, -0.15) is 0 Å². The molecular weight excluding hydrogens is 288 g/mol. The van der Waals surface area contributed by atoms with Gasteiger partial charge in [0.15, 0.2) is 5.79 Å². The van der Waals surface area contributed by atoms with Gasteiger partial charge in [-0.1, -0.05) is 55.5 Å². The standard InChI is InChI=1S/C20H22O3/c1-14-13-15-7-3-4-8-16(15)20(14,21)18-10-6-5-9-17(18)19(2)22-11-12-23-19/h3-10,14,21H,11-13H2,1-2H3. The van der Waals surface area contributed by atoms with Crippen molar-refractivity contribution in [2.45, 2.75) is 31.7 Å². The van der Waals surface area contributed by atoms with Crippen LogP contribution >= 0.6 is 0 Å². The lowest BCUT2D eigenvalue weighted by molar-refractivity contribution is -0.152. The van der Waals surface area contributed by atoms with Crippen LogP contribution in [-0.2, 0) is 27.3 Å². The number of aliphatic hydroxyl groups is 1. The molecule has 3 heteroatoms. The van der Waals surface area contributed by atoms with Crippen LogP contribution in [0, 0.1) is 5.92 Å². The van der Waals surface area contributed by atoms with Crippen molar-refractivity contribution >= 4 is 0 Å². The van der Waals surface area contributed by atoms with Gasteiger partial charge in [0.25, 0.3) is 0 Å². The summed E-state index contributed by atoms with van der Waals surface area (Å²) in [6, 6.07) is 16.1. The molecule has 2 aromatic carbocycles. The molecule has 0 amide bonds. The average molecular weight is 310 g/mol. The van der Waals surface area contributed by atoms with Gasteiger partial charge < -0.3 is 14.6 Å². The number of rotatable bonds is 2. The zero-order valence-electron chi connectivity index (χ0n) is 13.6. The zero-order chi connectivity index (χ0) is 16.1. The summed E-state index contributed by atoms with van der Waals surface area (Å²) >= 11 is 0. The molecule has 2 aliphatic rings. The van der Waals surface area contributed by atoms with E-state index < -0.39 is 11.4 Å². The summed E-state index contributed by atoms with van der Waals surface area (Å²) in [6.07, 6.45) is 0.874. The monoisotopic (exact) mass is 310 g/mol. The molecule has 1 aliphatic heterocycles. The molecule has 0 bridgehead atoms. The van der Waals surface area contributed by atoms with Crippen molar-refractivity contribution in [1.82, 2.24) is 0 Å². The molecule has 1 saturated heterocycles. The SMILES string of the molecule is CC1Cc2ccccc2C1(O)c1ccccc1C1(C)OCCO1. The van der Waals surface area contributed by atoms with E-state index in [1.807, 2.05) is 49.4 Å². The van der Waals surface area contributed by atoms with Gasteiger partial charge in [0, 0.05) is 5.56 Å². The Balaban J connectivity index is 1.92. The van der Waals surface area contributed by atoms with E-state index in [1.54, 1.807) is 0 Å². The molecule has 0 saturated carbocycles. The van der Waals surface area contributed by atoms with Crippen molar-refractivity contribution in [1.29, 1.82) is 0 Å². The lowest BCUT2D eigenvalue weighted by Crippen LogP contribution is -2.36. The summed E-state index contributed by atoms with van der Waals surface area (Å²) in [5.41, 5.74) is 3.02. The maximum atomic E-state index is 11.7. The molecule has 2 aromatic rings. The van der Waals surface area contributed by atoms with Crippen LogP contribution in [0.3, 0.4) is 0 Å². The Morgan fingerprint density at radius 2 is 1.48 bits per heavy atom. The van der Waals surface area contributed by atoms with Crippen molar-refractivity contribution in [2.24, 2.45) is 5.92 Å². The highest BCUT2D eigenvalue weighted by molar-refractivity contribution is 5.50. The van der Waals surface area contributed by atoms with Crippen LogP contribution in [0.15, 0.2) is 48.5 Å². The molecule has 120 valence electrons. The summed E-state index contributed by atoms with van der Waals surface area (Å²) < 4.78 is 11.7. The molecule has 1 heterocycles. The van der Waals surface area contributed by atoms with Crippen LogP contribution in [0.4, 0.5) is 0 Å². The summed E-state index contributed by atoms with van der Waals surface area (Å²) in [4.78, 5) is 0. The van der Waals surface area contributed by atoms with E-state index in [1.165, 1.54) is 5.56 Å². The van der Waals surface area contributed by atoms with E-state index >= 15 is 0 Å². The summed E-state index contributed by atoms with van der Waals surface area (Å²) in [6.45, 7) is 5.20. The first-order chi connectivity index (χ1) is 11.1. The normalized spacial score (nSPS) is 28.7. The molecule has 3 nitrogen and oxygen atoms in total. The molecule has 23 heavy (non-hydrogen) atoms. The van der Waals surface area contributed by atoms with Crippen molar-refractivity contribution in [2.75, 3.05) is 13.2 Å². The maximum Gasteiger partial charge on any atom is 0.192 e. The van der Waals surface area contributed by atoms with Crippen molar-refractivity contribution in [3.63, 3.8) is 0 Å². The second-order valence-electron chi connectivity index (χ2n) is 6.72. The van der Waals surface area contributed by atoms with Crippen molar-refractivity contribution < 1.29 is 14.6 Å². The number of hydrogen-bond acceptors (Lipinski definition) is 3. The van der Waals surface area contributed by atoms with Crippen LogP contribution in [0.2, 0.25) is 0 Å². The van der Waals surface area contributed by atoms with Crippen LogP contribution in [0.5, 0.6) is 0 Å². The average Bonchev–Trinajstić information content (AvgIpc) is 3.12. The minimum Gasteiger partial charge on any atom is -0.380 e. The number of ether oxygens (including phenoxy) is 2. The molecule has 0 spiro atoms. The molecule has 2 unspecified atom stereocenters. The molecule has 0 aromatic heterocycles. The van der Waals surface area contributed by atoms with Crippen LogP contribution in [0.1, 0.15) is 36.1 Å². The Kier molecular flexibility index (Phi) is 3.34. The predicted octanol–water partition coefficient (Wildman–Crippen LogP) is 3.33. The van der Waals surface area contributed by atoms with Crippen LogP contribution < -0.4 is 0 Å². The van der Waals surface area contributed by atoms with E-state index in [4.69, 9.17) is 9.47 Å². The highest BCUT2D eigenvalue weighted by Crippen LogP contribution is 2.49. The van der Waals surface area contributed by atoms with E-state index in [2.05, 4.69) is 13.0 Å². The van der Waals surface area contributed by atoms with Crippen molar-refractivity contribution in [3.05, 3.63) is 70.8 Å². The molecule has 1 aliphatic carbocycles. The topological polar surface area (TPSA) is 38.7 Å². The first-order valence-electron chi connectivity index (χ1n) is 8.24. The third kappa shape index (κ3) is 2.08. The third-order valence-corrected chi connectivity index (χ3v) is 5.33. The number of benzene rings is 2. The van der Waals surface area contributed by atoms with Gasteiger partial charge in [0.05, 0.1) is 13.2 Å². The predicted molar refractivity (Wildman–Crippen MR) is 88.0 cm³/mol. The van der Waals surface area contributed by atoms with Crippen molar-refractivity contribution in [3.8, 4) is 0 Å². The molecule has 4 rings (SSSR count). The molecule has 2 atom stereocenters. The molecule has 1 N–H and O–H groups in total. The Hall–Kier alpha value is -1.68. The maximum absolute atomic E-state index is 11.7. The molecule has 0 radical (unpaired) electrons. The lowest BCUT2D eigenvalue weighted by atomic mass is 9.78. The van der Waals surface area contributed by atoms with Crippen LogP contribution in [0.25, 0.3) is 0 Å². The first-order valence-corrected chi connectivity index (χ1v) is 8.24. The number of fused-ring (bicyclic) bond motifs is 1. The minimum atomic E-state index is -1.01. The lowest BCUT2D eigenvalue weighted by Gasteiger charge is -2.35. The first kappa shape index (κ1) is 14.9. The fraction of sp³-hybridized carbons (Fsp3) is 0.400. The largest absolute Gasteiger partial charge is 0.380 e. The van der Waals surface area contributed by atoms with Gasteiger partial charge in [-0.25, -0.2) is 0 Å². The fourth-order valence-corrected chi connectivity index (χ4v) is 4.11. The second-order valence-corrected chi connectivity index (χ2v) is 6.72. The van der Waals surface area contributed by atoms with Gasteiger partial charge in [0.1, 0.15) is 5.60 Å². The van der Waals surface area contributed by atoms with E-state index in [9.17, 15) is 5.11 Å². The van der Waals surface area contributed by atoms with Gasteiger partial charge in [-0.15, -0.1) is 0 Å². The highest BCUT2D eigenvalue weighted by Gasteiger charge is 2.48. The van der Waals surface area contributed by atoms with E-state index in [-0.39, 0.29) is 5.92 Å². The molecule has 1 fully saturated rings. The Morgan fingerprint density at radius 1 is 0.913 bits per heavy atom. The fourth-order valence-electron chi connectivity index (χ4n) is 4.11. The summed E-state index contributed by atoms with van der Waals surface area (Å²) in [5.74, 6) is -0.685. The summed E-state index contributed by atoms with van der Waals surface area (Å²) in [5, 5.41) is 11.7. The van der Waals surface area contributed by atoms with Gasteiger partial charge in [-0.3, -0.25) is 0 Å². The highest BCUT2D eigenvalue weighted by atomic mass is 16.7. The van der Waals surface area contributed by atoms with E-state index in [0.29, 0.717) is 13.2 Å². The summed E-state index contributed by atoms with van der Waals surface area (Å²) in [7, 11) is 0.